The van der Waals surface area contributed by atoms with E-state index in [4.69, 9.17) is 4.74 Å². The van der Waals surface area contributed by atoms with Crippen molar-refractivity contribution in [3.05, 3.63) is 84.5 Å². The molecular weight excluding hydrogens is 480 g/mol. The molecule has 0 fully saturated rings. The Labute approximate surface area is 227 Å². The number of hydrogen-bond donors (Lipinski definition) is 4. The Morgan fingerprint density at radius 2 is 1.42 bits per heavy atom. The van der Waals surface area contributed by atoms with Crippen molar-refractivity contribution in [3.8, 4) is 11.5 Å². The second-order valence-corrected chi connectivity index (χ2v) is 9.10. The van der Waals surface area contributed by atoms with Crippen LogP contribution < -0.4 is 10.9 Å². The molecule has 7 nitrogen and oxygen atoms in total. The molecule has 1 aromatic rings. The monoisotopic (exact) mass is 524 g/mol. The Kier molecular flexibility index (Phi) is 16.7. The molecule has 1 atom stereocenters. The summed E-state index contributed by atoms with van der Waals surface area (Å²) in [5.41, 5.74) is 4.71. The maximum Gasteiger partial charge on any atom is 0.327 e. The Hall–Kier alpha value is -3.58. The van der Waals surface area contributed by atoms with Gasteiger partial charge >= 0.3 is 5.97 Å². The minimum atomic E-state index is -1.25. The third-order valence-corrected chi connectivity index (χ3v) is 5.64. The fourth-order valence-electron chi connectivity index (χ4n) is 3.50. The molecule has 0 heterocycles. The molecule has 0 aliphatic carbocycles. The van der Waals surface area contributed by atoms with E-state index in [1.165, 1.54) is 19.2 Å². The van der Waals surface area contributed by atoms with Gasteiger partial charge in [-0.25, -0.2) is 10.2 Å². The van der Waals surface area contributed by atoms with Crippen molar-refractivity contribution >= 4 is 11.9 Å². The van der Waals surface area contributed by atoms with Gasteiger partial charge in [0.05, 0.1) is 7.11 Å². The average Bonchev–Trinajstić information content (AvgIpc) is 2.90. The summed E-state index contributed by atoms with van der Waals surface area (Å²) in [5.74, 6) is -1.33. The van der Waals surface area contributed by atoms with Crippen LogP contribution in [0.2, 0.25) is 0 Å². The lowest BCUT2D eigenvalue weighted by Crippen LogP contribution is -2.58. The van der Waals surface area contributed by atoms with Crippen LogP contribution in [0.15, 0.2) is 79.0 Å². The number of rotatable bonds is 18. The molecule has 0 aliphatic rings. The van der Waals surface area contributed by atoms with Gasteiger partial charge in [-0.3, -0.25) is 10.2 Å². The van der Waals surface area contributed by atoms with Gasteiger partial charge in [0, 0.05) is 12.8 Å². The number of nitrogens with one attached hydrogen (secondary N) is 2. The molecule has 0 bridgehead atoms. The molecule has 0 aliphatic heterocycles. The van der Waals surface area contributed by atoms with E-state index < -0.39 is 11.5 Å². The van der Waals surface area contributed by atoms with E-state index in [1.807, 2.05) is 0 Å². The van der Waals surface area contributed by atoms with Crippen LogP contribution >= 0.6 is 0 Å². The standard InChI is InChI=1S/C31H44N2O5/c1-4-5-6-7-8-9-10-11-12-13-14-15-16-17-18-19-20-21-29(36)32-33-31(2,30(37)38-3)25-26-22-23-27(34)28(35)24-26/h5-6,8-9,11-12,14-15,17-18,22-24,33-35H,4,7,10,13,16,19-21,25H2,1-3H3,(H,32,36)/b6-5-,9-8-,12-11-,15-14-,18-17-. The van der Waals surface area contributed by atoms with Gasteiger partial charge in [0.2, 0.25) is 5.91 Å². The number of carbonyl (C=O) groups is 2. The van der Waals surface area contributed by atoms with Crippen LogP contribution in [0.3, 0.4) is 0 Å². The van der Waals surface area contributed by atoms with Crippen LogP contribution in [0.4, 0.5) is 0 Å². The number of amides is 1. The number of phenolic OH excluding ortho intramolecular Hbond substituents is 2. The van der Waals surface area contributed by atoms with Gasteiger partial charge in [0.15, 0.2) is 11.5 Å². The number of hydrogen-bond acceptors (Lipinski definition) is 6. The first-order valence-corrected chi connectivity index (χ1v) is 13.2. The number of aromatic hydroxyl groups is 2. The van der Waals surface area contributed by atoms with Crippen LogP contribution in [0, 0.1) is 0 Å². The SMILES string of the molecule is CC/C=C\C/C=C\C/C=C\C/C=C\C/C=C\CCCC(=O)NNC(C)(Cc1ccc(O)c(O)c1)C(=O)OC. The lowest BCUT2D eigenvalue weighted by molar-refractivity contribution is -0.148. The Balaban J connectivity index is 2.27. The van der Waals surface area contributed by atoms with Gasteiger partial charge in [0.25, 0.3) is 0 Å². The van der Waals surface area contributed by atoms with Gasteiger partial charge in [0.1, 0.15) is 5.54 Å². The second-order valence-electron chi connectivity index (χ2n) is 9.10. The number of esters is 1. The minimum Gasteiger partial charge on any atom is -0.504 e. The summed E-state index contributed by atoms with van der Waals surface area (Å²) in [5, 5.41) is 19.2. The number of benzene rings is 1. The van der Waals surface area contributed by atoms with Crippen molar-refractivity contribution < 1.29 is 24.5 Å². The molecule has 0 saturated heterocycles. The van der Waals surface area contributed by atoms with E-state index in [2.05, 4.69) is 78.5 Å². The van der Waals surface area contributed by atoms with E-state index in [0.29, 0.717) is 18.4 Å². The molecule has 1 aromatic carbocycles. The van der Waals surface area contributed by atoms with Crippen LogP contribution in [0.5, 0.6) is 11.5 Å². The number of phenols is 2. The lowest BCUT2D eigenvalue weighted by atomic mass is 9.93. The third-order valence-electron chi connectivity index (χ3n) is 5.64. The summed E-state index contributed by atoms with van der Waals surface area (Å²) >= 11 is 0. The average molecular weight is 525 g/mol. The molecule has 0 radical (unpaired) electrons. The number of hydrazine groups is 1. The highest BCUT2D eigenvalue weighted by Crippen LogP contribution is 2.27. The zero-order valence-electron chi connectivity index (χ0n) is 23.0. The zero-order chi connectivity index (χ0) is 28.1. The fourth-order valence-corrected chi connectivity index (χ4v) is 3.50. The highest BCUT2D eigenvalue weighted by molar-refractivity contribution is 5.82. The smallest absolute Gasteiger partial charge is 0.327 e. The summed E-state index contributed by atoms with van der Waals surface area (Å²) in [6.07, 6.45) is 28.2. The summed E-state index contributed by atoms with van der Waals surface area (Å²) < 4.78 is 4.88. The van der Waals surface area contributed by atoms with Crippen molar-refractivity contribution in [2.45, 2.75) is 77.2 Å². The van der Waals surface area contributed by atoms with E-state index >= 15 is 0 Å². The van der Waals surface area contributed by atoms with Crippen molar-refractivity contribution in [2.24, 2.45) is 0 Å². The van der Waals surface area contributed by atoms with E-state index in [-0.39, 0.29) is 23.8 Å². The topological polar surface area (TPSA) is 108 Å². The number of unbranched alkanes of at least 4 members (excludes halogenated alkanes) is 1. The van der Waals surface area contributed by atoms with Crippen LogP contribution in [-0.4, -0.2) is 34.7 Å². The molecule has 1 rings (SSSR count). The van der Waals surface area contributed by atoms with Gasteiger partial charge in [-0.1, -0.05) is 73.8 Å². The van der Waals surface area contributed by atoms with E-state index in [9.17, 15) is 19.8 Å². The third kappa shape index (κ3) is 14.2. The first-order chi connectivity index (χ1) is 18.3. The summed E-state index contributed by atoms with van der Waals surface area (Å²) in [7, 11) is 1.27. The predicted octanol–water partition coefficient (Wildman–Crippen LogP) is 6.11. The largest absolute Gasteiger partial charge is 0.504 e. The summed E-state index contributed by atoms with van der Waals surface area (Å²) in [6, 6.07) is 4.30. The number of methoxy groups -OCH3 is 1. The zero-order valence-corrected chi connectivity index (χ0v) is 23.0. The molecule has 208 valence electrons. The Morgan fingerprint density at radius 3 is 1.95 bits per heavy atom. The molecule has 0 saturated carbocycles. The quantitative estimate of drug-likeness (QED) is 0.0606. The number of allylic oxidation sites excluding steroid dienone is 10. The summed E-state index contributed by atoms with van der Waals surface area (Å²) in [4.78, 5) is 24.6. The van der Waals surface area contributed by atoms with Crippen molar-refractivity contribution in [3.63, 3.8) is 0 Å². The van der Waals surface area contributed by atoms with E-state index in [0.717, 1.165) is 38.5 Å². The molecule has 1 unspecified atom stereocenters. The lowest BCUT2D eigenvalue weighted by Gasteiger charge is -2.28. The van der Waals surface area contributed by atoms with Gasteiger partial charge in [-0.2, -0.15) is 0 Å². The normalized spacial score (nSPS) is 13.8. The predicted molar refractivity (Wildman–Crippen MR) is 153 cm³/mol. The molecular formula is C31H44N2O5. The molecule has 0 spiro atoms. The second kappa shape index (κ2) is 19.5. The molecule has 1 amide bonds. The Morgan fingerprint density at radius 1 is 0.868 bits per heavy atom. The highest BCUT2D eigenvalue weighted by Gasteiger charge is 2.35. The van der Waals surface area contributed by atoms with Gasteiger partial charge in [-0.05, 0) is 69.6 Å². The first kappa shape index (κ1) is 32.4. The Bertz CT molecular complexity index is 994. The van der Waals surface area contributed by atoms with Crippen LogP contribution in [-0.2, 0) is 20.7 Å². The maximum atomic E-state index is 12.4. The van der Waals surface area contributed by atoms with Crippen LogP contribution in [0.1, 0.15) is 70.8 Å². The molecule has 0 aromatic heterocycles. The minimum absolute atomic E-state index is 0.133. The molecule has 4 N–H and O–H groups in total. The molecule has 38 heavy (non-hydrogen) atoms. The maximum absolute atomic E-state index is 12.4. The van der Waals surface area contributed by atoms with Crippen molar-refractivity contribution in [1.29, 1.82) is 0 Å². The molecule has 7 heteroatoms. The van der Waals surface area contributed by atoms with Crippen molar-refractivity contribution in [2.75, 3.05) is 7.11 Å². The van der Waals surface area contributed by atoms with Crippen molar-refractivity contribution in [1.82, 2.24) is 10.9 Å². The summed E-state index contributed by atoms with van der Waals surface area (Å²) in [6.45, 7) is 3.73. The highest BCUT2D eigenvalue weighted by atomic mass is 16.5. The number of carbonyl (C=O) groups excluding carboxylic acids is 2. The fraction of sp³-hybridized carbons (Fsp3) is 0.419. The number of ether oxygens (including phenoxy) is 1. The van der Waals surface area contributed by atoms with Gasteiger partial charge in [-0.15, -0.1) is 0 Å². The first-order valence-electron chi connectivity index (χ1n) is 13.2. The van der Waals surface area contributed by atoms with E-state index in [1.54, 1.807) is 13.0 Å². The van der Waals surface area contributed by atoms with Crippen LogP contribution in [0.25, 0.3) is 0 Å². The van der Waals surface area contributed by atoms with Gasteiger partial charge < -0.3 is 14.9 Å².